The number of benzene rings is 3. The number of halogens is 3. The summed E-state index contributed by atoms with van der Waals surface area (Å²) in [5, 5.41) is 6.97. The standard InChI is InChI=1S/C24H17BrCl2N2O2/c1-15-20(24(30)29(28-15)19-5-3-2-4-6-19)11-16-7-10-23(21(25)12-16)31-14-17-8-9-18(26)13-22(17)27/h2-13H,14H2,1H3/b20-11+. The molecular weight excluding hydrogens is 499 g/mol. The molecule has 1 aliphatic rings. The van der Waals surface area contributed by atoms with Gasteiger partial charge in [0.15, 0.2) is 0 Å². The molecule has 0 N–H and O–H groups in total. The van der Waals surface area contributed by atoms with Crippen LogP contribution in [-0.4, -0.2) is 11.6 Å². The first-order chi connectivity index (χ1) is 14.9. The second kappa shape index (κ2) is 9.27. The van der Waals surface area contributed by atoms with Gasteiger partial charge in [-0.3, -0.25) is 4.79 Å². The number of anilines is 1. The van der Waals surface area contributed by atoms with Crippen molar-refractivity contribution in [1.82, 2.24) is 0 Å². The molecule has 0 spiro atoms. The summed E-state index contributed by atoms with van der Waals surface area (Å²) in [6.45, 7) is 2.14. The van der Waals surface area contributed by atoms with Crippen LogP contribution in [0.1, 0.15) is 18.1 Å². The minimum atomic E-state index is -0.155. The van der Waals surface area contributed by atoms with Gasteiger partial charge in [0.2, 0.25) is 0 Å². The summed E-state index contributed by atoms with van der Waals surface area (Å²) in [6, 6.07) is 20.3. The van der Waals surface area contributed by atoms with E-state index in [9.17, 15) is 4.79 Å². The van der Waals surface area contributed by atoms with E-state index < -0.39 is 0 Å². The topological polar surface area (TPSA) is 41.9 Å². The number of hydrogen-bond donors (Lipinski definition) is 0. The van der Waals surface area contributed by atoms with Crippen molar-refractivity contribution in [3.63, 3.8) is 0 Å². The molecule has 0 fully saturated rings. The van der Waals surface area contributed by atoms with Crippen LogP contribution in [0.2, 0.25) is 10.0 Å². The van der Waals surface area contributed by atoms with Gasteiger partial charge in [0.05, 0.1) is 21.4 Å². The Bertz CT molecular complexity index is 1210. The molecule has 4 rings (SSSR count). The minimum Gasteiger partial charge on any atom is -0.488 e. The van der Waals surface area contributed by atoms with Gasteiger partial charge >= 0.3 is 0 Å². The van der Waals surface area contributed by atoms with Gasteiger partial charge in [0.1, 0.15) is 12.4 Å². The van der Waals surface area contributed by atoms with E-state index in [1.165, 1.54) is 5.01 Å². The van der Waals surface area contributed by atoms with Crippen LogP contribution >= 0.6 is 39.1 Å². The number of ether oxygens (including phenoxy) is 1. The number of amides is 1. The number of hydrazone groups is 1. The van der Waals surface area contributed by atoms with E-state index >= 15 is 0 Å². The van der Waals surface area contributed by atoms with Gasteiger partial charge in [-0.1, -0.05) is 53.5 Å². The molecule has 7 heteroatoms. The van der Waals surface area contributed by atoms with Crippen LogP contribution in [0.5, 0.6) is 5.75 Å². The molecule has 0 radical (unpaired) electrons. The molecule has 0 saturated carbocycles. The summed E-state index contributed by atoms with van der Waals surface area (Å²) in [6.07, 6.45) is 1.83. The van der Waals surface area contributed by atoms with E-state index in [2.05, 4.69) is 21.0 Å². The third-order valence-electron chi connectivity index (χ3n) is 4.73. The molecule has 1 aliphatic heterocycles. The molecule has 0 aromatic heterocycles. The molecule has 156 valence electrons. The van der Waals surface area contributed by atoms with Crippen molar-refractivity contribution in [3.05, 3.63) is 97.9 Å². The summed E-state index contributed by atoms with van der Waals surface area (Å²) in [5.41, 5.74) is 3.66. The molecule has 1 amide bonds. The second-order valence-corrected chi connectivity index (χ2v) is 8.61. The highest BCUT2D eigenvalue weighted by Crippen LogP contribution is 2.30. The number of carbonyl (C=O) groups is 1. The fourth-order valence-electron chi connectivity index (χ4n) is 3.11. The highest BCUT2D eigenvalue weighted by atomic mass is 79.9. The lowest BCUT2D eigenvalue weighted by Gasteiger charge is -2.11. The van der Waals surface area contributed by atoms with Crippen molar-refractivity contribution >= 4 is 62.5 Å². The van der Waals surface area contributed by atoms with E-state index in [1.54, 1.807) is 12.1 Å². The highest BCUT2D eigenvalue weighted by molar-refractivity contribution is 9.10. The Morgan fingerprint density at radius 3 is 2.55 bits per heavy atom. The summed E-state index contributed by atoms with van der Waals surface area (Å²) < 4.78 is 6.66. The van der Waals surface area contributed by atoms with Crippen LogP contribution in [0.3, 0.4) is 0 Å². The Labute approximate surface area is 198 Å². The zero-order valence-corrected chi connectivity index (χ0v) is 19.6. The molecule has 31 heavy (non-hydrogen) atoms. The van der Waals surface area contributed by atoms with Gasteiger partial charge < -0.3 is 4.74 Å². The summed E-state index contributed by atoms with van der Waals surface area (Å²) in [7, 11) is 0. The minimum absolute atomic E-state index is 0.155. The Balaban J connectivity index is 1.51. The molecule has 3 aromatic rings. The predicted octanol–water partition coefficient (Wildman–Crippen LogP) is 7.14. The quantitative estimate of drug-likeness (QED) is 0.339. The van der Waals surface area contributed by atoms with Gasteiger partial charge in [-0.2, -0.15) is 10.1 Å². The largest absolute Gasteiger partial charge is 0.488 e. The normalized spacial score (nSPS) is 14.8. The van der Waals surface area contributed by atoms with Crippen LogP contribution < -0.4 is 9.75 Å². The third-order valence-corrected chi connectivity index (χ3v) is 5.94. The highest BCUT2D eigenvalue weighted by Gasteiger charge is 2.28. The lowest BCUT2D eigenvalue weighted by molar-refractivity contribution is -0.114. The average molecular weight is 516 g/mol. The Kier molecular flexibility index (Phi) is 6.46. The molecule has 4 nitrogen and oxygen atoms in total. The van der Waals surface area contributed by atoms with E-state index in [4.69, 9.17) is 27.9 Å². The smallest absolute Gasteiger partial charge is 0.280 e. The van der Waals surface area contributed by atoms with Crippen LogP contribution in [0.15, 0.2) is 81.9 Å². The van der Waals surface area contributed by atoms with E-state index in [0.29, 0.717) is 33.7 Å². The SMILES string of the molecule is CC1=NN(c2ccccc2)C(=O)/C1=C/c1ccc(OCc2ccc(Cl)cc2Cl)c(Br)c1. The number of para-hydroxylation sites is 1. The maximum Gasteiger partial charge on any atom is 0.280 e. The van der Waals surface area contributed by atoms with Crippen molar-refractivity contribution in [2.24, 2.45) is 5.10 Å². The van der Waals surface area contributed by atoms with Crippen molar-refractivity contribution in [2.45, 2.75) is 13.5 Å². The number of nitrogens with zero attached hydrogens (tertiary/aromatic N) is 2. The maximum atomic E-state index is 12.9. The molecule has 0 bridgehead atoms. The molecule has 1 heterocycles. The molecular formula is C24H17BrCl2N2O2. The monoisotopic (exact) mass is 514 g/mol. The zero-order chi connectivity index (χ0) is 22.0. The van der Waals surface area contributed by atoms with Gasteiger partial charge in [0, 0.05) is 15.6 Å². The molecule has 0 aliphatic carbocycles. The van der Waals surface area contributed by atoms with Crippen LogP contribution in [0, 0.1) is 0 Å². The lowest BCUT2D eigenvalue weighted by atomic mass is 10.1. The first-order valence-electron chi connectivity index (χ1n) is 9.45. The van der Waals surface area contributed by atoms with Gasteiger partial charge in [-0.15, -0.1) is 0 Å². The van der Waals surface area contributed by atoms with E-state index in [1.807, 2.05) is 67.6 Å². The van der Waals surface area contributed by atoms with Crippen molar-refractivity contribution in [1.29, 1.82) is 0 Å². The number of rotatable bonds is 5. The second-order valence-electron chi connectivity index (χ2n) is 6.91. The maximum absolute atomic E-state index is 12.9. The van der Waals surface area contributed by atoms with Crippen molar-refractivity contribution in [3.8, 4) is 5.75 Å². The Hall–Kier alpha value is -2.60. The fourth-order valence-corrected chi connectivity index (χ4v) is 4.09. The zero-order valence-electron chi connectivity index (χ0n) is 16.5. The van der Waals surface area contributed by atoms with Gasteiger partial charge in [-0.05, 0) is 70.9 Å². The van der Waals surface area contributed by atoms with E-state index in [0.717, 1.165) is 21.3 Å². The summed E-state index contributed by atoms with van der Waals surface area (Å²) >= 11 is 15.7. The summed E-state index contributed by atoms with van der Waals surface area (Å²) in [4.78, 5) is 12.9. The first-order valence-corrected chi connectivity index (χ1v) is 11.0. The van der Waals surface area contributed by atoms with E-state index in [-0.39, 0.29) is 5.91 Å². The number of carbonyl (C=O) groups excluding carboxylic acids is 1. The van der Waals surface area contributed by atoms with Gasteiger partial charge in [0.25, 0.3) is 5.91 Å². The Morgan fingerprint density at radius 2 is 1.84 bits per heavy atom. The fraction of sp³-hybridized carbons (Fsp3) is 0.0833. The molecule has 0 unspecified atom stereocenters. The first kappa shape index (κ1) is 21.6. The van der Waals surface area contributed by atoms with Gasteiger partial charge in [-0.25, -0.2) is 0 Å². The van der Waals surface area contributed by atoms with Crippen LogP contribution in [-0.2, 0) is 11.4 Å². The molecule has 0 atom stereocenters. The van der Waals surface area contributed by atoms with Crippen molar-refractivity contribution in [2.75, 3.05) is 5.01 Å². The Morgan fingerprint density at radius 1 is 1.06 bits per heavy atom. The average Bonchev–Trinajstić information content (AvgIpc) is 3.03. The van der Waals surface area contributed by atoms with Crippen molar-refractivity contribution < 1.29 is 9.53 Å². The molecule has 0 saturated heterocycles. The molecule has 3 aromatic carbocycles. The van der Waals surface area contributed by atoms with Crippen LogP contribution in [0.4, 0.5) is 5.69 Å². The third kappa shape index (κ3) is 4.85. The predicted molar refractivity (Wildman–Crippen MR) is 130 cm³/mol. The number of hydrogen-bond acceptors (Lipinski definition) is 3. The lowest BCUT2D eigenvalue weighted by Crippen LogP contribution is -2.21. The van der Waals surface area contributed by atoms with Crippen LogP contribution in [0.25, 0.3) is 6.08 Å². The summed E-state index contributed by atoms with van der Waals surface area (Å²) in [5.74, 6) is 0.514.